The summed E-state index contributed by atoms with van der Waals surface area (Å²) >= 11 is 0. The molecule has 0 radical (unpaired) electrons. The highest BCUT2D eigenvalue weighted by Crippen LogP contribution is 2.38. The van der Waals surface area contributed by atoms with Gasteiger partial charge in [0.05, 0.1) is 0 Å². The maximum absolute atomic E-state index is 9.56. The highest BCUT2D eigenvalue weighted by molar-refractivity contribution is 5.30. The zero-order valence-corrected chi connectivity index (χ0v) is 12.7. The summed E-state index contributed by atoms with van der Waals surface area (Å²) in [6.45, 7) is 4.32. The Morgan fingerprint density at radius 2 is 1.86 bits per heavy atom. The largest absolute Gasteiger partial charge is 0.508 e. The molecule has 1 aliphatic carbocycles. The van der Waals surface area contributed by atoms with Crippen LogP contribution in [0, 0.1) is 6.92 Å². The molecule has 1 aliphatic rings. The number of benzene rings is 2. The van der Waals surface area contributed by atoms with E-state index in [0.717, 1.165) is 5.56 Å². The Kier molecular flexibility index (Phi) is 3.98. The molecule has 0 spiro atoms. The number of rotatable bonds is 4. The van der Waals surface area contributed by atoms with Gasteiger partial charge in [-0.1, -0.05) is 42.0 Å². The third-order valence-corrected chi connectivity index (χ3v) is 4.51. The lowest BCUT2D eigenvalue weighted by molar-refractivity contribution is 0.270. The SMILES string of the molecule is Cc1cccc(C2CC(NC(C)c3cccc(O)c3)C2)c1. The molecule has 0 heterocycles. The zero-order chi connectivity index (χ0) is 14.8. The molecule has 1 unspecified atom stereocenters. The monoisotopic (exact) mass is 281 g/mol. The molecule has 2 aromatic carbocycles. The molecule has 0 amide bonds. The summed E-state index contributed by atoms with van der Waals surface area (Å²) in [4.78, 5) is 0. The third kappa shape index (κ3) is 3.27. The quantitative estimate of drug-likeness (QED) is 0.876. The molecule has 2 aromatic rings. The van der Waals surface area contributed by atoms with E-state index in [1.165, 1.54) is 24.0 Å². The van der Waals surface area contributed by atoms with Crippen molar-refractivity contribution in [3.63, 3.8) is 0 Å². The van der Waals surface area contributed by atoms with Crippen LogP contribution in [0.2, 0.25) is 0 Å². The molecule has 0 aliphatic heterocycles. The second kappa shape index (κ2) is 5.90. The van der Waals surface area contributed by atoms with Gasteiger partial charge >= 0.3 is 0 Å². The van der Waals surface area contributed by atoms with Gasteiger partial charge in [0.2, 0.25) is 0 Å². The van der Waals surface area contributed by atoms with E-state index in [9.17, 15) is 5.11 Å². The van der Waals surface area contributed by atoms with Crippen LogP contribution >= 0.6 is 0 Å². The zero-order valence-electron chi connectivity index (χ0n) is 12.7. The minimum atomic E-state index is 0.278. The van der Waals surface area contributed by atoms with Crippen molar-refractivity contribution in [2.45, 2.75) is 44.7 Å². The number of hydrogen-bond acceptors (Lipinski definition) is 2. The van der Waals surface area contributed by atoms with Gasteiger partial charge in [-0.05, 0) is 55.9 Å². The minimum Gasteiger partial charge on any atom is -0.508 e. The molecule has 0 aromatic heterocycles. The van der Waals surface area contributed by atoms with Crippen LogP contribution in [0.3, 0.4) is 0 Å². The average molecular weight is 281 g/mol. The van der Waals surface area contributed by atoms with E-state index in [1.54, 1.807) is 6.07 Å². The third-order valence-electron chi connectivity index (χ3n) is 4.51. The first-order valence-electron chi connectivity index (χ1n) is 7.73. The van der Waals surface area contributed by atoms with Crippen molar-refractivity contribution in [1.82, 2.24) is 5.32 Å². The van der Waals surface area contributed by atoms with Crippen molar-refractivity contribution in [1.29, 1.82) is 0 Å². The average Bonchev–Trinajstić information content (AvgIpc) is 2.42. The van der Waals surface area contributed by atoms with Crippen LogP contribution in [0.1, 0.15) is 48.4 Å². The summed E-state index contributed by atoms with van der Waals surface area (Å²) in [6, 6.07) is 17.2. The van der Waals surface area contributed by atoms with Gasteiger partial charge in [-0.15, -0.1) is 0 Å². The van der Waals surface area contributed by atoms with E-state index in [1.807, 2.05) is 12.1 Å². The van der Waals surface area contributed by atoms with Crippen LogP contribution in [0.5, 0.6) is 5.75 Å². The number of aryl methyl sites for hydroxylation is 1. The fourth-order valence-electron chi connectivity index (χ4n) is 3.19. The molecule has 0 saturated heterocycles. The van der Waals surface area contributed by atoms with Gasteiger partial charge in [0.25, 0.3) is 0 Å². The molecule has 1 fully saturated rings. The Morgan fingerprint density at radius 3 is 2.57 bits per heavy atom. The lowest BCUT2D eigenvalue weighted by Gasteiger charge is -2.38. The number of nitrogens with one attached hydrogen (secondary N) is 1. The van der Waals surface area contributed by atoms with Crippen molar-refractivity contribution in [3.8, 4) is 5.75 Å². The fourth-order valence-corrected chi connectivity index (χ4v) is 3.19. The van der Waals surface area contributed by atoms with Crippen LogP contribution in [-0.2, 0) is 0 Å². The Morgan fingerprint density at radius 1 is 1.10 bits per heavy atom. The molecule has 110 valence electrons. The van der Waals surface area contributed by atoms with Crippen molar-refractivity contribution >= 4 is 0 Å². The minimum absolute atomic E-state index is 0.278. The van der Waals surface area contributed by atoms with Crippen LogP contribution in [0.15, 0.2) is 48.5 Å². The number of hydrogen-bond donors (Lipinski definition) is 2. The molecule has 2 heteroatoms. The molecule has 1 atom stereocenters. The Labute approximate surface area is 126 Å². The highest BCUT2D eigenvalue weighted by Gasteiger charge is 2.31. The summed E-state index contributed by atoms with van der Waals surface area (Å²) in [5, 5.41) is 13.2. The normalized spacial score (nSPS) is 22.6. The lowest BCUT2D eigenvalue weighted by Crippen LogP contribution is -2.41. The van der Waals surface area contributed by atoms with Crippen molar-refractivity contribution in [2.24, 2.45) is 0 Å². The van der Waals surface area contributed by atoms with Gasteiger partial charge in [0.1, 0.15) is 5.75 Å². The van der Waals surface area contributed by atoms with Crippen LogP contribution in [-0.4, -0.2) is 11.1 Å². The van der Waals surface area contributed by atoms with Crippen LogP contribution in [0.25, 0.3) is 0 Å². The summed E-state index contributed by atoms with van der Waals surface area (Å²) in [5.74, 6) is 1.03. The molecule has 3 rings (SSSR count). The molecule has 21 heavy (non-hydrogen) atoms. The topological polar surface area (TPSA) is 32.3 Å². The molecular formula is C19H23NO. The summed E-state index contributed by atoms with van der Waals surface area (Å²) in [7, 11) is 0. The number of phenolic OH excluding ortho intramolecular Hbond substituents is 1. The molecular weight excluding hydrogens is 258 g/mol. The van der Waals surface area contributed by atoms with Gasteiger partial charge in [-0.2, -0.15) is 0 Å². The maximum atomic E-state index is 9.56. The van der Waals surface area contributed by atoms with E-state index in [2.05, 4.69) is 49.5 Å². The van der Waals surface area contributed by atoms with Gasteiger partial charge < -0.3 is 10.4 Å². The first-order chi connectivity index (χ1) is 10.1. The smallest absolute Gasteiger partial charge is 0.115 e. The van der Waals surface area contributed by atoms with E-state index in [0.29, 0.717) is 17.7 Å². The Bertz CT molecular complexity index is 616. The van der Waals surface area contributed by atoms with E-state index < -0.39 is 0 Å². The fraction of sp³-hybridized carbons (Fsp3) is 0.368. The Balaban J connectivity index is 1.55. The van der Waals surface area contributed by atoms with E-state index in [-0.39, 0.29) is 6.04 Å². The molecule has 2 nitrogen and oxygen atoms in total. The highest BCUT2D eigenvalue weighted by atomic mass is 16.3. The predicted octanol–water partition coefficient (Wildman–Crippen LogP) is 4.30. The maximum Gasteiger partial charge on any atom is 0.115 e. The van der Waals surface area contributed by atoms with Crippen molar-refractivity contribution in [3.05, 3.63) is 65.2 Å². The first-order valence-corrected chi connectivity index (χ1v) is 7.73. The van der Waals surface area contributed by atoms with Crippen LogP contribution in [0.4, 0.5) is 0 Å². The number of phenols is 1. The van der Waals surface area contributed by atoms with Gasteiger partial charge in [-0.3, -0.25) is 0 Å². The molecule has 2 N–H and O–H groups in total. The van der Waals surface area contributed by atoms with Gasteiger partial charge in [0.15, 0.2) is 0 Å². The van der Waals surface area contributed by atoms with E-state index in [4.69, 9.17) is 0 Å². The lowest BCUT2D eigenvalue weighted by atomic mass is 9.75. The molecule has 0 bridgehead atoms. The first kappa shape index (κ1) is 14.2. The second-order valence-electron chi connectivity index (χ2n) is 6.26. The predicted molar refractivity (Wildman–Crippen MR) is 86.6 cm³/mol. The van der Waals surface area contributed by atoms with Gasteiger partial charge in [-0.25, -0.2) is 0 Å². The van der Waals surface area contributed by atoms with E-state index >= 15 is 0 Å². The van der Waals surface area contributed by atoms with Gasteiger partial charge in [0, 0.05) is 12.1 Å². The standard InChI is InChI=1S/C19H23NO/c1-13-5-3-7-16(9-13)17-10-18(11-17)20-14(2)15-6-4-8-19(21)12-15/h3-9,12,14,17-18,20-21H,10-11H2,1-2H3. The second-order valence-corrected chi connectivity index (χ2v) is 6.26. The Hall–Kier alpha value is -1.80. The summed E-state index contributed by atoms with van der Waals surface area (Å²) in [6.07, 6.45) is 2.40. The number of aromatic hydroxyl groups is 1. The van der Waals surface area contributed by atoms with Crippen molar-refractivity contribution in [2.75, 3.05) is 0 Å². The summed E-state index contributed by atoms with van der Waals surface area (Å²) in [5.41, 5.74) is 3.96. The van der Waals surface area contributed by atoms with Crippen LogP contribution < -0.4 is 5.32 Å². The van der Waals surface area contributed by atoms with Crippen molar-refractivity contribution < 1.29 is 5.11 Å². The molecule has 1 saturated carbocycles. The summed E-state index contributed by atoms with van der Waals surface area (Å²) < 4.78 is 0.